The fourth-order valence-electron chi connectivity index (χ4n) is 2.31. The van der Waals surface area contributed by atoms with Gasteiger partial charge >= 0.3 is 0 Å². The Balaban J connectivity index is 1.48. The second-order valence-electron chi connectivity index (χ2n) is 5.14. The molecule has 0 saturated carbocycles. The highest BCUT2D eigenvalue weighted by Gasteiger charge is 2.05. The van der Waals surface area contributed by atoms with Crippen LogP contribution in [-0.2, 0) is 6.61 Å². The van der Waals surface area contributed by atoms with Crippen LogP contribution in [0.4, 0.5) is 11.7 Å². The van der Waals surface area contributed by atoms with E-state index < -0.39 is 0 Å². The number of ether oxygens (including phenoxy) is 1. The number of rotatable bonds is 5. The molecule has 2 heterocycles. The molecule has 4 rings (SSSR count). The Hall–Kier alpha value is -3.41. The monoisotopic (exact) mass is 318 g/mol. The Morgan fingerprint density at radius 3 is 2.88 bits per heavy atom. The molecule has 6 heteroatoms. The Morgan fingerprint density at radius 1 is 1.04 bits per heavy atom. The van der Waals surface area contributed by atoms with Crippen LogP contribution in [0.2, 0.25) is 0 Å². The van der Waals surface area contributed by atoms with Crippen molar-refractivity contribution in [2.24, 2.45) is 0 Å². The number of hydrogen-bond donors (Lipinski definition) is 1. The molecule has 0 amide bonds. The third-order valence-corrected chi connectivity index (χ3v) is 3.40. The standard InChI is InChI=1S/C18H14N4O2/c1-2-7-16-15(6-1)22-18(24-16)21-14-5-3-4-13(10-14)12-23-17-11-19-8-9-20-17/h1-11H,12H2,(H,21,22). The SMILES string of the molecule is c1cc(COc2cnccn2)cc(Nc2nc3ccccc3o2)c1. The molecule has 0 unspecified atom stereocenters. The van der Waals surface area contributed by atoms with E-state index in [0.29, 0.717) is 18.5 Å². The van der Waals surface area contributed by atoms with Crippen molar-refractivity contribution in [3.8, 4) is 5.88 Å². The van der Waals surface area contributed by atoms with Crippen molar-refractivity contribution in [1.82, 2.24) is 15.0 Å². The molecular formula is C18H14N4O2. The lowest BCUT2D eigenvalue weighted by Crippen LogP contribution is -1.98. The van der Waals surface area contributed by atoms with E-state index >= 15 is 0 Å². The largest absolute Gasteiger partial charge is 0.472 e. The Bertz CT molecular complexity index is 920. The summed E-state index contributed by atoms with van der Waals surface area (Å²) in [4.78, 5) is 12.5. The lowest BCUT2D eigenvalue weighted by Gasteiger charge is -2.07. The molecule has 0 radical (unpaired) electrons. The third kappa shape index (κ3) is 3.17. The van der Waals surface area contributed by atoms with E-state index in [0.717, 1.165) is 22.4 Å². The van der Waals surface area contributed by atoms with Gasteiger partial charge in [0.05, 0.1) is 6.20 Å². The predicted octanol–water partition coefficient (Wildman–Crippen LogP) is 3.94. The van der Waals surface area contributed by atoms with Gasteiger partial charge in [-0.3, -0.25) is 4.98 Å². The number of fused-ring (bicyclic) bond motifs is 1. The van der Waals surface area contributed by atoms with Crippen molar-refractivity contribution in [3.63, 3.8) is 0 Å². The number of anilines is 2. The number of nitrogens with one attached hydrogen (secondary N) is 1. The highest BCUT2D eigenvalue weighted by Crippen LogP contribution is 2.22. The van der Waals surface area contributed by atoms with Gasteiger partial charge in [-0.15, -0.1) is 0 Å². The van der Waals surface area contributed by atoms with Crippen molar-refractivity contribution in [2.75, 3.05) is 5.32 Å². The molecular weight excluding hydrogens is 304 g/mol. The molecule has 118 valence electrons. The van der Waals surface area contributed by atoms with E-state index in [9.17, 15) is 0 Å². The minimum atomic E-state index is 0.405. The number of oxazole rings is 1. The molecule has 6 nitrogen and oxygen atoms in total. The van der Waals surface area contributed by atoms with E-state index in [-0.39, 0.29) is 0 Å². The van der Waals surface area contributed by atoms with Gasteiger partial charge in [0.2, 0.25) is 5.88 Å². The minimum absolute atomic E-state index is 0.405. The van der Waals surface area contributed by atoms with Crippen LogP contribution >= 0.6 is 0 Å². The summed E-state index contributed by atoms with van der Waals surface area (Å²) >= 11 is 0. The molecule has 0 fully saturated rings. The Morgan fingerprint density at radius 2 is 2.00 bits per heavy atom. The normalized spacial score (nSPS) is 10.7. The van der Waals surface area contributed by atoms with Crippen molar-refractivity contribution in [1.29, 1.82) is 0 Å². The summed E-state index contributed by atoms with van der Waals surface area (Å²) in [5, 5.41) is 3.17. The molecule has 1 N–H and O–H groups in total. The quantitative estimate of drug-likeness (QED) is 0.601. The summed E-state index contributed by atoms with van der Waals surface area (Å²) in [6, 6.07) is 16.0. The predicted molar refractivity (Wildman–Crippen MR) is 90.1 cm³/mol. The van der Waals surface area contributed by atoms with E-state index in [1.807, 2.05) is 48.5 Å². The van der Waals surface area contributed by atoms with Gasteiger partial charge < -0.3 is 14.5 Å². The Kier molecular flexibility index (Phi) is 3.77. The van der Waals surface area contributed by atoms with Crippen LogP contribution in [-0.4, -0.2) is 15.0 Å². The van der Waals surface area contributed by atoms with E-state index in [4.69, 9.17) is 9.15 Å². The average Bonchev–Trinajstić information content (AvgIpc) is 3.03. The molecule has 24 heavy (non-hydrogen) atoms. The van der Waals surface area contributed by atoms with Crippen molar-refractivity contribution in [3.05, 3.63) is 72.7 Å². The third-order valence-electron chi connectivity index (χ3n) is 3.40. The fraction of sp³-hybridized carbons (Fsp3) is 0.0556. The van der Waals surface area contributed by atoms with Crippen LogP contribution < -0.4 is 10.1 Å². The zero-order valence-corrected chi connectivity index (χ0v) is 12.7. The average molecular weight is 318 g/mol. The van der Waals surface area contributed by atoms with Crippen molar-refractivity contribution < 1.29 is 9.15 Å². The number of benzene rings is 2. The van der Waals surface area contributed by atoms with Crippen LogP contribution in [0, 0.1) is 0 Å². The van der Waals surface area contributed by atoms with Crippen LogP contribution in [0.1, 0.15) is 5.56 Å². The molecule has 0 spiro atoms. The molecule has 0 aliphatic heterocycles. The first-order valence-corrected chi connectivity index (χ1v) is 7.47. The summed E-state index contributed by atoms with van der Waals surface area (Å²) in [5.41, 5.74) is 3.45. The highest BCUT2D eigenvalue weighted by molar-refractivity contribution is 5.75. The molecule has 0 atom stereocenters. The second kappa shape index (κ2) is 6.37. The summed E-state index contributed by atoms with van der Waals surface area (Å²) in [5.74, 6) is 0.495. The smallest absolute Gasteiger partial charge is 0.300 e. The maximum absolute atomic E-state index is 5.67. The van der Waals surface area contributed by atoms with Gasteiger partial charge in [-0.1, -0.05) is 24.3 Å². The van der Waals surface area contributed by atoms with Gasteiger partial charge in [0.1, 0.15) is 12.1 Å². The fourth-order valence-corrected chi connectivity index (χ4v) is 2.31. The lowest BCUT2D eigenvalue weighted by molar-refractivity contribution is 0.292. The summed E-state index contributed by atoms with van der Waals surface area (Å²) in [7, 11) is 0. The summed E-state index contributed by atoms with van der Waals surface area (Å²) in [6.45, 7) is 0.405. The minimum Gasteiger partial charge on any atom is -0.472 e. The highest BCUT2D eigenvalue weighted by atomic mass is 16.5. The van der Waals surface area contributed by atoms with E-state index in [1.54, 1.807) is 18.6 Å². The zero-order chi connectivity index (χ0) is 16.2. The van der Waals surface area contributed by atoms with Crippen LogP contribution in [0.25, 0.3) is 11.1 Å². The molecule has 0 aliphatic rings. The molecule has 4 aromatic rings. The van der Waals surface area contributed by atoms with Gasteiger partial charge in [0.25, 0.3) is 6.01 Å². The first-order valence-electron chi connectivity index (χ1n) is 7.47. The van der Waals surface area contributed by atoms with Gasteiger partial charge in [0, 0.05) is 18.1 Å². The first kappa shape index (κ1) is 14.2. The topological polar surface area (TPSA) is 73.1 Å². The zero-order valence-electron chi connectivity index (χ0n) is 12.7. The number of nitrogens with zero attached hydrogens (tertiary/aromatic N) is 3. The number of hydrogen-bond acceptors (Lipinski definition) is 6. The molecule has 0 bridgehead atoms. The van der Waals surface area contributed by atoms with Crippen LogP contribution in [0.15, 0.2) is 71.5 Å². The second-order valence-corrected chi connectivity index (χ2v) is 5.14. The maximum atomic E-state index is 5.67. The van der Waals surface area contributed by atoms with Gasteiger partial charge in [-0.2, -0.15) is 4.98 Å². The van der Waals surface area contributed by atoms with E-state index in [2.05, 4.69) is 20.3 Å². The molecule has 0 saturated heterocycles. The van der Waals surface area contributed by atoms with Crippen molar-refractivity contribution in [2.45, 2.75) is 6.61 Å². The molecule has 2 aromatic carbocycles. The van der Waals surface area contributed by atoms with Crippen molar-refractivity contribution >= 4 is 22.8 Å². The van der Waals surface area contributed by atoms with Gasteiger partial charge in [-0.25, -0.2) is 4.98 Å². The lowest BCUT2D eigenvalue weighted by atomic mass is 10.2. The Labute approximate surface area is 138 Å². The number of aromatic nitrogens is 3. The van der Waals surface area contributed by atoms with Crippen LogP contribution in [0.3, 0.4) is 0 Å². The molecule has 0 aliphatic carbocycles. The van der Waals surface area contributed by atoms with Crippen LogP contribution in [0.5, 0.6) is 5.88 Å². The van der Waals surface area contributed by atoms with E-state index in [1.165, 1.54) is 0 Å². The molecule has 2 aromatic heterocycles. The summed E-state index contributed by atoms with van der Waals surface area (Å²) < 4.78 is 11.3. The first-order chi connectivity index (χ1) is 11.9. The number of para-hydroxylation sites is 2. The van der Waals surface area contributed by atoms with Gasteiger partial charge in [0.15, 0.2) is 5.58 Å². The van der Waals surface area contributed by atoms with Gasteiger partial charge in [-0.05, 0) is 29.8 Å². The summed E-state index contributed by atoms with van der Waals surface area (Å²) in [6.07, 6.45) is 4.79. The maximum Gasteiger partial charge on any atom is 0.300 e.